The number of ketones is 1. The molecule has 1 aromatic carbocycles. The standard InChI is InChI=1S/C16H18FNO3/c1-16(2,18-6-8-20-9-7-18)15(19)13-10-11-4-3-5-12(17)14(11)21-13/h3-5,10H,6-9H2,1-2H3. The minimum absolute atomic E-state index is 0.138. The fourth-order valence-electron chi connectivity index (χ4n) is 2.71. The van der Waals surface area contributed by atoms with Crippen LogP contribution in [0.2, 0.25) is 0 Å². The summed E-state index contributed by atoms with van der Waals surface area (Å²) < 4.78 is 24.5. The maximum absolute atomic E-state index is 13.7. The number of para-hydroxylation sites is 1. The zero-order chi connectivity index (χ0) is 15.0. The minimum atomic E-state index is -0.700. The number of Topliss-reactive ketones (excluding diaryl/α,β-unsaturated/α-hetero) is 1. The van der Waals surface area contributed by atoms with Crippen LogP contribution in [-0.2, 0) is 4.74 Å². The summed E-state index contributed by atoms with van der Waals surface area (Å²) in [6, 6.07) is 6.28. The Bertz CT molecular complexity index is 671. The van der Waals surface area contributed by atoms with Crippen LogP contribution in [0.25, 0.3) is 11.0 Å². The van der Waals surface area contributed by atoms with Gasteiger partial charge in [0.25, 0.3) is 0 Å². The van der Waals surface area contributed by atoms with Gasteiger partial charge in [-0.25, -0.2) is 4.39 Å². The molecule has 1 aliphatic rings. The molecule has 0 unspecified atom stereocenters. The molecule has 0 N–H and O–H groups in total. The van der Waals surface area contributed by atoms with Gasteiger partial charge in [-0.1, -0.05) is 12.1 Å². The fourth-order valence-corrected chi connectivity index (χ4v) is 2.71. The summed E-state index contributed by atoms with van der Waals surface area (Å²) >= 11 is 0. The van der Waals surface area contributed by atoms with E-state index in [4.69, 9.17) is 9.15 Å². The molecule has 4 nitrogen and oxygen atoms in total. The normalized spacial score (nSPS) is 17.3. The Kier molecular flexibility index (Phi) is 3.55. The highest BCUT2D eigenvalue weighted by Gasteiger charge is 2.37. The van der Waals surface area contributed by atoms with Crippen LogP contribution < -0.4 is 0 Å². The molecule has 0 radical (unpaired) electrons. The predicted molar refractivity (Wildman–Crippen MR) is 77.0 cm³/mol. The lowest BCUT2D eigenvalue weighted by Gasteiger charge is -2.38. The summed E-state index contributed by atoms with van der Waals surface area (Å²) in [7, 11) is 0. The van der Waals surface area contributed by atoms with Crippen LogP contribution >= 0.6 is 0 Å². The Hall–Kier alpha value is -1.72. The third-order valence-electron chi connectivity index (χ3n) is 4.08. The summed E-state index contributed by atoms with van der Waals surface area (Å²) in [5.41, 5.74) is -0.563. The van der Waals surface area contributed by atoms with E-state index in [1.807, 2.05) is 13.8 Å². The van der Waals surface area contributed by atoms with Gasteiger partial charge < -0.3 is 9.15 Å². The fraction of sp³-hybridized carbons (Fsp3) is 0.438. The first-order valence-electron chi connectivity index (χ1n) is 7.06. The highest BCUT2D eigenvalue weighted by atomic mass is 19.1. The van der Waals surface area contributed by atoms with Gasteiger partial charge in [0.1, 0.15) is 0 Å². The number of nitrogens with zero attached hydrogens (tertiary/aromatic N) is 1. The minimum Gasteiger partial charge on any atom is -0.450 e. The number of benzene rings is 1. The van der Waals surface area contributed by atoms with E-state index in [-0.39, 0.29) is 17.1 Å². The Morgan fingerprint density at radius 2 is 2.00 bits per heavy atom. The number of carbonyl (C=O) groups excluding carboxylic acids is 1. The van der Waals surface area contributed by atoms with Gasteiger partial charge in [-0.3, -0.25) is 9.69 Å². The van der Waals surface area contributed by atoms with Gasteiger partial charge >= 0.3 is 0 Å². The number of carbonyl (C=O) groups is 1. The first-order chi connectivity index (χ1) is 10.00. The molecule has 21 heavy (non-hydrogen) atoms. The number of halogens is 1. The van der Waals surface area contributed by atoms with Crippen LogP contribution in [0.15, 0.2) is 28.7 Å². The van der Waals surface area contributed by atoms with Gasteiger partial charge in [0.15, 0.2) is 17.2 Å². The Morgan fingerprint density at radius 3 is 2.67 bits per heavy atom. The molecule has 2 heterocycles. The molecule has 0 spiro atoms. The number of hydrogen-bond donors (Lipinski definition) is 0. The second-order valence-corrected chi connectivity index (χ2v) is 5.76. The molecular formula is C16H18FNO3. The molecule has 1 fully saturated rings. The van der Waals surface area contributed by atoms with Gasteiger partial charge in [0.2, 0.25) is 5.78 Å². The number of rotatable bonds is 3. The van der Waals surface area contributed by atoms with E-state index in [0.29, 0.717) is 31.7 Å². The molecule has 2 aromatic rings. The zero-order valence-electron chi connectivity index (χ0n) is 12.2. The van der Waals surface area contributed by atoms with Crippen LogP contribution in [0.3, 0.4) is 0 Å². The van der Waals surface area contributed by atoms with E-state index in [9.17, 15) is 9.18 Å². The maximum Gasteiger partial charge on any atom is 0.217 e. The lowest BCUT2D eigenvalue weighted by atomic mass is 9.94. The molecular weight excluding hydrogens is 273 g/mol. The molecule has 1 saturated heterocycles. The van der Waals surface area contributed by atoms with E-state index < -0.39 is 11.4 Å². The molecule has 5 heteroatoms. The Labute approximate surface area is 122 Å². The molecule has 0 bridgehead atoms. The van der Waals surface area contributed by atoms with Gasteiger partial charge in [-0.2, -0.15) is 0 Å². The van der Waals surface area contributed by atoms with Gasteiger partial charge in [-0.15, -0.1) is 0 Å². The van der Waals surface area contributed by atoms with Crippen molar-refractivity contribution in [2.75, 3.05) is 26.3 Å². The maximum atomic E-state index is 13.7. The summed E-state index contributed by atoms with van der Waals surface area (Å²) in [6.07, 6.45) is 0. The smallest absolute Gasteiger partial charge is 0.217 e. The average Bonchev–Trinajstić information content (AvgIpc) is 2.93. The second-order valence-electron chi connectivity index (χ2n) is 5.76. The van der Waals surface area contributed by atoms with Gasteiger partial charge in [0.05, 0.1) is 18.8 Å². The van der Waals surface area contributed by atoms with E-state index >= 15 is 0 Å². The number of morpholine rings is 1. The van der Waals surface area contributed by atoms with Crippen LogP contribution in [0.5, 0.6) is 0 Å². The van der Waals surface area contributed by atoms with Crippen molar-refractivity contribution >= 4 is 16.8 Å². The van der Waals surface area contributed by atoms with Crippen LogP contribution in [0, 0.1) is 5.82 Å². The Balaban J connectivity index is 1.93. The topological polar surface area (TPSA) is 42.7 Å². The first kappa shape index (κ1) is 14.2. The number of ether oxygens (including phenoxy) is 1. The lowest BCUT2D eigenvalue weighted by molar-refractivity contribution is -0.00514. The van der Waals surface area contributed by atoms with E-state index in [0.717, 1.165) is 0 Å². The highest BCUT2D eigenvalue weighted by Crippen LogP contribution is 2.27. The van der Waals surface area contributed by atoms with Crippen molar-refractivity contribution in [3.05, 3.63) is 35.8 Å². The van der Waals surface area contributed by atoms with Crippen molar-refractivity contribution < 1.29 is 18.3 Å². The lowest BCUT2D eigenvalue weighted by Crippen LogP contribution is -2.54. The molecule has 0 atom stereocenters. The van der Waals surface area contributed by atoms with Crippen molar-refractivity contribution in [3.63, 3.8) is 0 Å². The largest absolute Gasteiger partial charge is 0.450 e. The third-order valence-corrected chi connectivity index (χ3v) is 4.08. The third kappa shape index (κ3) is 2.47. The number of hydrogen-bond acceptors (Lipinski definition) is 4. The van der Waals surface area contributed by atoms with Crippen molar-refractivity contribution in [1.29, 1.82) is 0 Å². The van der Waals surface area contributed by atoms with E-state index in [1.165, 1.54) is 6.07 Å². The van der Waals surface area contributed by atoms with Crippen molar-refractivity contribution in [3.8, 4) is 0 Å². The number of fused-ring (bicyclic) bond motifs is 1. The molecule has 0 saturated carbocycles. The van der Waals surface area contributed by atoms with Crippen LogP contribution in [0.4, 0.5) is 4.39 Å². The number of furan rings is 1. The summed E-state index contributed by atoms with van der Waals surface area (Å²) in [5.74, 6) is -0.387. The first-order valence-corrected chi connectivity index (χ1v) is 7.06. The van der Waals surface area contributed by atoms with Crippen molar-refractivity contribution in [2.45, 2.75) is 19.4 Å². The van der Waals surface area contributed by atoms with Crippen LogP contribution in [0.1, 0.15) is 24.4 Å². The van der Waals surface area contributed by atoms with Crippen LogP contribution in [-0.4, -0.2) is 42.5 Å². The van der Waals surface area contributed by atoms with Crippen molar-refractivity contribution in [1.82, 2.24) is 4.90 Å². The quantitative estimate of drug-likeness (QED) is 0.816. The SMILES string of the molecule is CC(C)(C(=O)c1cc2cccc(F)c2o1)N1CCOCC1. The highest BCUT2D eigenvalue weighted by molar-refractivity contribution is 6.03. The molecule has 1 aliphatic heterocycles. The Morgan fingerprint density at radius 1 is 1.29 bits per heavy atom. The zero-order valence-corrected chi connectivity index (χ0v) is 12.2. The van der Waals surface area contributed by atoms with E-state index in [2.05, 4.69) is 4.90 Å². The van der Waals surface area contributed by atoms with Gasteiger partial charge in [0, 0.05) is 18.5 Å². The summed E-state index contributed by atoms with van der Waals surface area (Å²) in [4.78, 5) is 14.8. The van der Waals surface area contributed by atoms with Crippen molar-refractivity contribution in [2.24, 2.45) is 0 Å². The monoisotopic (exact) mass is 291 g/mol. The summed E-state index contributed by atoms with van der Waals surface area (Å²) in [6.45, 7) is 6.37. The molecule has 0 aliphatic carbocycles. The summed E-state index contributed by atoms with van der Waals surface area (Å²) in [5, 5.41) is 0.608. The second kappa shape index (κ2) is 5.24. The van der Waals surface area contributed by atoms with E-state index in [1.54, 1.807) is 18.2 Å². The molecule has 3 rings (SSSR count). The predicted octanol–water partition coefficient (Wildman–Crippen LogP) is 2.87. The molecule has 1 aromatic heterocycles. The molecule has 0 amide bonds. The average molecular weight is 291 g/mol. The van der Waals surface area contributed by atoms with Gasteiger partial charge in [-0.05, 0) is 26.0 Å². The molecule has 112 valence electrons.